The number of carbonyl (C=O) groups is 2. The molecule has 0 spiro atoms. The summed E-state index contributed by atoms with van der Waals surface area (Å²) in [5, 5.41) is 2.73. The van der Waals surface area contributed by atoms with E-state index in [0.29, 0.717) is 17.0 Å². The van der Waals surface area contributed by atoms with Crippen molar-refractivity contribution in [3.63, 3.8) is 0 Å². The highest BCUT2D eigenvalue weighted by molar-refractivity contribution is 14.1. The van der Waals surface area contributed by atoms with E-state index in [1.54, 1.807) is 30.3 Å². The van der Waals surface area contributed by atoms with Gasteiger partial charge in [-0.1, -0.05) is 6.07 Å². The summed E-state index contributed by atoms with van der Waals surface area (Å²) >= 11 is 2.05. The minimum Gasteiger partial charge on any atom is -0.465 e. The zero-order valence-corrected chi connectivity index (χ0v) is 14.2. The van der Waals surface area contributed by atoms with Crippen molar-refractivity contribution in [3.8, 4) is 0 Å². The highest BCUT2D eigenvalue weighted by Crippen LogP contribution is 2.18. The number of esters is 1. The Kier molecular flexibility index (Phi) is 5.37. The Labute approximate surface area is 141 Å². The Morgan fingerprint density at radius 1 is 1.27 bits per heavy atom. The molecule has 0 atom stereocenters. The van der Waals surface area contributed by atoms with Crippen LogP contribution < -0.4 is 5.32 Å². The quantitative estimate of drug-likeness (QED) is 0.474. The number of halogens is 1. The Balaban J connectivity index is 2.10. The van der Waals surface area contributed by atoms with Gasteiger partial charge in [-0.05, 0) is 65.4 Å². The molecule has 0 aliphatic rings. The first-order valence-electron chi connectivity index (χ1n) is 6.43. The molecule has 5 nitrogen and oxygen atoms in total. The molecule has 1 amide bonds. The Hall–Kier alpha value is -2.09. The molecule has 0 fully saturated rings. The molecule has 0 saturated heterocycles. The third kappa shape index (κ3) is 4.20. The second-order valence-electron chi connectivity index (χ2n) is 4.49. The SMILES string of the molecule is COC(=O)c1ccc(C)c(NC(=O)/C=C/c2ccc(I)o2)c1. The van der Waals surface area contributed by atoms with Crippen LogP contribution in [0.3, 0.4) is 0 Å². The third-order valence-corrected chi connectivity index (χ3v) is 3.49. The van der Waals surface area contributed by atoms with Gasteiger partial charge in [0, 0.05) is 11.8 Å². The number of rotatable bonds is 4. The lowest BCUT2D eigenvalue weighted by Crippen LogP contribution is -2.10. The number of anilines is 1. The van der Waals surface area contributed by atoms with E-state index in [4.69, 9.17) is 4.42 Å². The van der Waals surface area contributed by atoms with E-state index in [9.17, 15) is 9.59 Å². The molecule has 1 aromatic carbocycles. The lowest BCUT2D eigenvalue weighted by Gasteiger charge is -2.08. The zero-order valence-electron chi connectivity index (χ0n) is 12.1. The van der Waals surface area contributed by atoms with Gasteiger partial charge < -0.3 is 14.5 Å². The summed E-state index contributed by atoms with van der Waals surface area (Å²) in [6.07, 6.45) is 2.95. The summed E-state index contributed by atoms with van der Waals surface area (Å²) in [4.78, 5) is 23.5. The molecule has 1 aromatic heterocycles. The maximum absolute atomic E-state index is 11.9. The predicted octanol–water partition coefficient (Wildman–Crippen LogP) is 3.63. The van der Waals surface area contributed by atoms with Crippen LogP contribution in [0.2, 0.25) is 0 Å². The largest absolute Gasteiger partial charge is 0.465 e. The molecule has 0 aliphatic carbocycles. The Morgan fingerprint density at radius 3 is 2.68 bits per heavy atom. The topological polar surface area (TPSA) is 68.5 Å². The maximum atomic E-state index is 11.9. The standard InChI is InChI=1S/C16H14INO4/c1-10-3-4-11(16(20)21-2)9-13(10)18-15(19)8-6-12-5-7-14(17)22-12/h3-9H,1-2H3,(H,18,19)/b8-6+. The maximum Gasteiger partial charge on any atom is 0.337 e. The molecule has 6 heteroatoms. The number of methoxy groups -OCH3 is 1. The molecular weight excluding hydrogens is 397 g/mol. The van der Waals surface area contributed by atoms with Crippen LogP contribution in [0.1, 0.15) is 21.7 Å². The molecule has 2 aromatic rings. The smallest absolute Gasteiger partial charge is 0.337 e. The van der Waals surface area contributed by atoms with E-state index in [-0.39, 0.29) is 5.91 Å². The van der Waals surface area contributed by atoms with Gasteiger partial charge in [-0.2, -0.15) is 0 Å². The lowest BCUT2D eigenvalue weighted by molar-refractivity contribution is -0.111. The van der Waals surface area contributed by atoms with Gasteiger partial charge in [0.05, 0.1) is 12.7 Å². The Bertz CT molecular complexity index is 733. The highest BCUT2D eigenvalue weighted by atomic mass is 127. The predicted molar refractivity (Wildman–Crippen MR) is 91.6 cm³/mol. The average molecular weight is 411 g/mol. The highest BCUT2D eigenvalue weighted by Gasteiger charge is 2.09. The minimum atomic E-state index is -0.448. The molecule has 0 bridgehead atoms. The Morgan fingerprint density at radius 2 is 2.05 bits per heavy atom. The van der Waals surface area contributed by atoms with Crippen molar-refractivity contribution in [3.05, 3.63) is 57.1 Å². The van der Waals surface area contributed by atoms with Gasteiger partial charge in [0.25, 0.3) is 0 Å². The van der Waals surface area contributed by atoms with Crippen molar-refractivity contribution in [1.82, 2.24) is 0 Å². The van der Waals surface area contributed by atoms with E-state index in [1.165, 1.54) is 13.2 Å². The van der Waals surface area contributed by atoms with Crippen molar-refractivity contribution < 1.29 is 18.7 Å². The fraction of sp³-hybridized carbons (Fsp3) is 0.125. The summed E-state index contributed by atoms with van der Waals surface area (Å²) in [7, 11) is 1.31. The van der Waals surface area contributed by atoms with Crippen LogP contribution in [0.5, 0.6) is 0 Å². The van der Waals surface area contributed by atoms with Gasteiger partial charge in [0.1, 0.15) is 5.76 Å². The van der Waals surface area contributed by atoms with E-state index >= 15 is 0 Å². The second kappa shape index (κ2) is 7.26. The van der Waals surface area contributed by atoms with Crippen LogP contribution in [-0.2, 0) is 9.53 Å². The molecule has 0 saturated carbocycles. The molecule has 0 aliphatic heterocycles. The second-order valence-corrected chi connectivity index (χ2v) is 5.55. The van der Waals surface area contributed by atoms with Crippen LogP contribution in [-0.4, -0.2) is 19.0 Å². The lowest BCUT2D eigenvalue weighted by atomic mass is 10.1. The number of ether oxygens (including phenoxy) is 1. The minimum absolute atomic E-state index is 0.309. The third-order valence-electron chi connectivity index (χ3n) is 2.91. The van der Waals surface area contributed by atoms with Crippen LogP contribution in [0, 0.1) is 10.7 Å². The first-order valence-corrected chi connectivity index (χ1v) is 7.51. The van der Waals surface area contributed by atoms with Gasteiger partial charge >= 0.3 is 5.97 Å². The fourth-order valence-corrected chi connectivity index (χ4v) is 2.19. The molecule has 114 valence electrons. The van der Waals surface area contributed by atoms with Gasteiger partial charge in [0.2, 0.25) is 5.91 Å². The van der Waals surface area contributed by atoms with Crippen molar-refractivity contribution >= 4 is 46.2 Å². The molecule has 1 heterocycles. The van der Waals surface area contributed by atoms with Gasteiger partial charge in [-0.25, -0.2) is 4.79 Å². The number of nitrogens with one attached hydrogen (secondary N) is 1. The van der Waals surface area contributed by atoms with Crippen LogP contribution in [0.25, 0.3) is 6.08 Å². The first-order chi connectivity index (χ1) is 10.5. The van der Waals surface area contributed by atoms with E-state index in [0.717, 1.165) is 9.33 Å². The van der Waals surface area contributed by atoms with Gasteiger partial charge in [-0.3, -0.25) is 4.79 Å². The van der Waals surface area contributed by atoms with Crippen LogP contribution in [0.4, 0.5) is 5.69 Å². The number of benzene rings is 1. The normalized spacial score (nSPS) is 10.7. The van der Waals surface area contributed by atoms with Crippen molar-refractivity contribution in [2.24, 2.45) is 0 Å². The molecule has 0 radical (unpaired) electrons. The van der Waals surface area contributed by atoms with Crippen LogP contribution >= 0.6 is 22.6 Å². The molecular formula is C16H14INO4. The first kappa shape index (κ1) is 16.3. The monoisotopic (exact) mass is 411 g/mol. The summed E-state index contributed by atoms with van der Waals surface area (Å²) < 4.78 is 10.7. The number of hydrogen-bond acceptors (Lipinski definition) is 4. The summed E-state index contributed by atoms with van der Waals surface area (Å²) in [6, 6.07) is 8.57. The zero-order chi connectivity index (χ0) is 16.1. The molecule has 2 rings (SSSR count). The van der Waals surface area contributed by atoms with Crippen molar-refractivity contribution in [2.45, 2.75) is 6.92 Å². The van der Waals surface area contributed by atoms with E-state index < -0.39 is 5.97 Å². The number of carbonyl (C=O) groups excluding carboxylic acids is 2. The summed E-state index contributed by atoms with van der Waals surface area (Å²) in [6.45, 7) is 1.84. The number of aryl methyl sites for hydroxylation is 1. The number of amides is 1. The number of furan rings is 1. The fourth-order valence-electron chi connectivity index (χ4n) is 1.75. The molecule has 22 heavy (non-hydrogen) atoms. The molecule has 1 N–H and O–H groups in total. The molecule has 0 unspecified atom stereocenters. The summed E-state index contributed by atoms with van der Waals surface area (Å²) in [5.41, 5.74) is 1.79. The van der Waals surface area contributed by atoms with Crippen LogP contribution in [0.15, 0.2) is 40.8 Å². The summed E-state index contributed by atoms with van der Waals surface area (Å²) in [5.74, 6) is -0.160. The van der Waals surface area contributed by atoms with E-state index in [1.807, 2.05) is 35.6 Å². The van der Waals surface area contributed by atoms with Gasteiger partial charge in [-0.15, -0.1) is 0 Å². The van der Waals surface area contributed by atoms with Gasteiger partial charge in [0.15, 0.2) is 3.77 Å². The van der Waals surface area contributed by atoms with Crippen molar-refractivity contribution in [2.75, 3.05) is 12.4 Å². The average Bonchev–Trinajstić information content (AvgIpc) is 2.92. The van der Waals surface area contributed by atoms with Crippen molar-refractivity contribution in [1.29, 1.82) is 0 Å². The van der Waals surface area contributed by atoms with E-state index in [2.05, 4.69) is 10.1 Å². The number of hydrogen-bond donors (Lipinski definition) is 1.